The lowest BCUT2D eigenvalue weighted by molar-refractivity contribution is -0.666. The first-order valence-electron chi connectivity index (χ1n) is 7.72. The van der Waals surface area contributed by atoms with Crippen LogP contribution < -0.4 is 10.1 Å². The molecule has 3 rings (SSSR count). The van der Waals surface area contributed by atoms with Gasteiger partial charge in [0.05, 0.1) is 12.3 Å². The van der Waals surface area contributed by atoms with Gasteiger partial charge in [0.1, 0.15) is 18.9 Å². The zero-order valence-corrected chi connectivity index (χ0v) is 15.1. The van der Waals surface area contributed by atoms with E-state index in [4.69, 9.17) is 4.74 Å². The van der Waals surface area contributed by atoms with Crippen molar-refractivity contribution in [2.75, 3.05) is 12.3 Å². The Morgan fingerprint density at radius 1 is 1.25 bits per heavy atom. The van der Waals surface area contributed by atoms with Crippen LogP contribution in [0.3, 0.4) is 0 Å². The van der Waals surface area contributed by atoms with Gasteiger partial charge in [-0.15, -0.1) is 16.4 Å². The second-order valence-corrected chi connectivity index (χ2v) is 7.32. The Balaban J connectivity index is 1.34. The summed E-state index contributed by atoms with van der Waals surface area (Å²) in [6, 6.07) is 12.5. The first-order chi connectivity index (χ1) is 11.8. The van der Waals surface area contributed by atoms with E-state index in [0.29, 0.717) is 6.61 Å². The van der Waals surface area contributed by atoms with Crippen LogP contribution in [0.1, 0.15) is 10.4 Å². The number of nitrogens with zero attached hydrogens (tertiary/aromatic N) is 4. The lowest BCUT2D eigenvalue weighted by Gasteiger charge is -2.06. The highest BCUT2D eigenvalue weighted by atomic mass is 32.2. The Kier molecular flexibility index (Phi) is 6.22. The highest BCUT2D eigenvalue weighted by Crippen LogP contribution is 2.16. The Morgan fingerprint density at radius 2 is 2.12 bits per heavy atom. The van der Waals surface area contributed by atoms with E-state index in [0.717, 1.165) is 29.7 Å². The van der Waals surface area contributed by atoms with E-state index < -0.39 is 0 Å². The minimum atomic E-state index is 0.636. The van der Waals surface area contributed by atoms with Crippen molar-refractivity contribution in [1.82, 2.24) is 20.2 Å². The van der Waals surface area contributed by atoms with Crippen LogP contribution >= 0.6 is 23.1 Å². The number of nitrogens with two attached hydrogens (primary N) is 1. The van der Waals surface area contributed by atoms with Gasteiger partial charge in [-0.2, -0.15) is 0 Å². The summed E-state index contributed by atoms with van der Waals surface area (Å²) in [6.45, 7) is 2.62. The first kappa shape index (κ1) is 16.9. The van der Waals surface area contributed by atoms with Crippen LogP contribution in [-0.2, 0) is 20.2 Å². The van der Waals surface area contributed by atoms with E-state index in [1.165, 1.54) is 10.4 Å². The van der Waals surface area contributed by atoms with Gasteiger partial charge in [-0.3, -0.25) is 0 Å². The molecule has 0 saturated carbocycles. The molecule has 2 heterocycles. The van der Waals surface area contributed by atoms with Crippen molar-refractivity contribution >= 4 is 23.1 Å². The molecule has 126 valence electrons. The smallest absolute Gasteiger partial charge is 0.209 e. The molecule has 0 radical (unpaired) electrons. The molecule has 0 fully saturated rings. The standard InChI is InChI=1S/C16H19N5OS2/c1-21-16(18-19-20-21)24-10-8-17-11-13-4-6-14(7-5-13)22-12-15-3-2-9-23-15/h2-7,9,17H,8,10-12H2,1H3/p+1. The minimum Gasteiger partial charge on any atom is -0.488 e. The number of thioether (sulfide) groups is 1. The van der Waals surface area contributed by atoms with Crippen molar-refractivity contribution in [3.63, 3.8) is 0 Å². The lowest BCUT2D eigenvalue weighted by atomic mass is 10.2. The number of thiophene rings is 1. The van der Waals surface area contributed by atoms with Crippen molar-refractivity contribution < 1.29 is 10.1 Å². The average Bonchev–Trinajstić information content (AvgIpc) is 3.26. The number of quaternary nitrogens is 1. The molecule has 0 aliphatic heterocycles. The van der Waals surface area contributed by atoms with Crippen LogP contribution in [0.2, 0.25) is 0 Å². The summed E-state index contributed by atoms with van der Waals surface area (Å²) >= 11 is 3.39. The van der Waals surface area contributed by atoms with Crippen LogP contribution in [0.25, 0.3) is 0 Å². The highest BCUT2D eigenvalue weighted by molar-refractivity contribution is 7.99. The fraction of sp³-hybridized carbons (Fsp3) is 0.312. The molecule has 0 amide bonds. The van der Waals surface area contributed by atoms with Gasteiger partial charge in [0.2, 0.25) is 5.16 Å². The molecule has 0 aliphatic carbocycles. The van der Waals surface area contributed by atoms with Crippen LogP contribution in [-0.4, -0.2) is 32.5 Å². The van der Waals surface area contributed by atoms with Crippen molar-refractivity contribution in [2.45, 2.75) is 18.3 Å². The Labute approximate surface area is 149 Å². The van der Waals surface area contributed by atoms with Gasteiger partial charge < -0.3 is 10.1 Å². The van der Waals surface area contributed by atoms with E-state index in [9.17, 15) is 0 Å². The van der Waals surface area contributed by atoms with E-state index in [1.807, 2.05) is 25.2 Å². The predicted molar refractivity (Wildman–Crippen MR) is 95.1 cm³/mol. The minimum absolute atomic E-state index is 0.636. The fourth-order valence-corrected chi connectivity index (χ4v) is 3.52. The summed E-state index contributed by atoms with van der Waals surface area (Å²) in [5.41, 5.74) is 1.30. The highest BCUT2D eigenvalue weighted by Gasteiger charge is 2.03. The Hall–Kier alpha value is -1.90. The second kappa shape index (κ2) is 8.81. The van der Waals surface area contributed by atoms with Gasteiger partial charge in [0.25, 0.3) is 0 Å². The van der Waals surface area contributed by atoms with Gasteiger partial charge in [-0.1, -0.05) is 17.8 Å². The quantitative estimate of drug-likeness (QED) is 0.463. The molecular weight excluding hydrogens is 342 g/mol. The van der Waals surface area contributed by atoms with E-state index in [1.54, 1.807) is 27.8 Å². The van der Waals surface area contributed by atoms with Gasteiger partial charge >= 0.3 is 0 Å². The number of rotatable bonds is 9. The number of tetrazole rings is 1. The number of benzene rings is 1. The molecule has 2 aromatic heterocycles. The molecule has 0 spiro atoms. The van der Waals surface area contributed by atoms with Crippen molar-refractivity contribution in [3.8, 4) is 5.75 Å². The number of hydrogen-bond donors (Lipinski definition) is 1. The number of hydrogen-bond acceptors (Lipinski definition) is 6. The normalized spacial score (nSPS) is 10.9. The average molecular weight is 363 g/mol. The summed E-state index contributed by atoms with van der Waals surface area (Å²) in [6.07, 6.45) is 0. The number of ether oxygens (including phenoxy) is 1. The predicted octanol–water partition coefficient (Wildman–Crippen LogP) is 1.71. The molecule has 8 heteroatoms. The van der Waals surface area contributed by atoms with E-state index >= 15 is 0 Å². The van der Waals surface area contributed by atoms with Crippen LogP contribution in [0.5, 0.6) is 5.75 Å². The van der Waals surface area contributed by atoms with Crippen LogP contribution in [0.4, 0.5) is 0 Å². The Morgan fingerprint density at radius 3 is 2.83 bits per heavy atom. The molecule has 6 nitrogen and oxygen atoms in total. The van der Waals surface area contributed by atoms with Crippen molar-refractivity contribution in [3.05, 3.63) is 52.2 Å². The molecule has 0 unspecified atom stereocenters. The molecule has 0 atom stereocenters. The monoisotopic (exact) mass is 362 g/mol. The van der Waals surface area contributed by atoms with Gasteiger partial charge in [-0.05, 0) is 46.1 Å². The maximum Gasteiger partial charge on any atom is 0.209 e. The molecular formula is C16H20N5OS2+. The first-order valence-corrected chi connectivity index (χ1v) is 9.59. The summed E-state index contributed by atoms with van der Waals surface area (Å²) < 4.78 is 7.47. The number of aryl methyl sites for hydroxylation is 1. The van der Waals surface area contributed by atoms with Gasteiger partial charge in [0.15, 0.2) is 0 Å². The zero-order chi connectivity index (χ0) is 16.6. The molecule has 24 heavy (non-hydrogen) atoms. The lowest BCUT2D eigenvalue weighted by Crippen LogP contribution is -2.83. The summed E-state index contributed by atoms with van der Waals surface area (Å²) in [4.78, 5) is 1.24. The van der Waals surface area contributed by atoms with Crippen molar-refractivity contribution in [1.29, 1.82) is 0 Å². The van der Waals surface area contributed by atoms with Crippen molar-refractivity contribution in [2.24, 2.45) is 7.05 Å². The maximum absolute atomic E-state index is 5.78. The Bertz CT molecular complexity index is 727. The fourth-order valence-electron chi connectivity index (χ4n) is 2.12. The third-order valence-electron chi connectivity index (χ3n) is 3.40. The summed E-state index contributed by atoms with van der Waals surface area (Å²) in [7, 11) is 1.86. The maximum atomic E-state index is 5.78. The van der Waals surface area contributed by atoms with E-state index in [-0.39, 0.29) is 0 Å². The molecule has 0 saturated heterocycles. The molecule has 0 aliphatic rings. The van der Waals surface area contributed by atoms with Crippen LogP contribution in [0, 0.1) is 0 Å². The molecule has 3 aromatic rings. The second-order valence-electron chi connectivity index (χ2n) is 5.23. The van der Waals surface area contributed by atoms with Crippen LogP contribution in [0.15, 0.2) is 46.9 Å². The van der Waals surface area contributed by atoms with E-state index in [2.05, 4.69) is 44.4 Å². The SMILES string of the molecule is Cn1nnnc1SCC[NH2+]Cc1ccc(OCc2cccs2)cc1. The molecule has 2 N–H and O–H groups in total. The third kappa shape index (κ3) is 5.05. The third-order valence-corrected chi connectivity index (χ3v) is 5.29. The summed E-state index contributed by atoms with van der Waals surface area (Å²) in [5.74, 6) is 1.90. The molecule has 1 aromatic carbocycles. The molecule has 0 bridgehead atoms. The zero-order valence-electron chi connectivity index (χ0n) is 13.5. The summed E-state index contributed by atoms with van der Waals surface area (Å²) in [5, 5.41) is 16.6. The van der Waals surface area contributed by atoms with Gasteiger partial charge in [0, 0.05) is 17.5 Å². The topological polar surface area (TPSA) is 69.4 Å². The largest absolute Gasteiger partial charge is 0.488 e. The number of aromatic nitrogens is 4. The van der Waals surface area contributed by atoms with Gasteiger partial charge in [-0.25, -0.2) is 4.68 Å².